The fourth-order valence-corrected chi connectivity index (χ4v) is 4.71. The number of fused-ring (bicyclic) bond motifs is 2. The third-order valence-corrected chi connectivity index (χ3v) is 6.65. The Labute approximate surface area is 215 Å². The van der Waals surface area contributed by atoms with Crippen LogP contribution in [0, 0.1) is 12.8 Å². The Balaban J connectivity index is 1.64. The number of methoxy groups -OCH3 is 1. The molecule has 0 fully saturated rings. The number of pyridine rings is 1. The summed E-state index contributed by atoms with van der Waals surface area (Å²) < 4.78 is 17.7. The second-order valence-corrected chi connectivity index (χ2v) is 9.81. The normalized spacial score (nSPS) is 14.9. The summed E-state index contributed by atoms with van der Waals surface area (Å²) >= 11 is 0. The third-order valence-electron chi connectivity index (χ3n) is 6.65. The van der Waals surface area contributed by atoms with E-state index < -0.39 is 6.04 Å². The highest BCUT2D eigenvalue weighted by atomic mass is 16.5. The van der Waals surface area contributed by atoms with Crippen molar-refractivity contribution in [1.82, 2.24) is 9.88 Å². The summed E-state index contributed by atoms with van der Waals surface area (Å²) in [6, 6.07) is 14.1. The minimum absolute atomic E-state index is 0.0754. The molecular weight excluding hydrogens is 468 g/mol. The molecule has 0 bridgehead atoms. The maximum absolute atomic E-state index is 13.8. The van der Waals surface area contributed by atoms with E-state index in [1.54, 1.807) is 36.5 Å². The highest BCUT2D eigenvalue weighted by molar-refractivity contribution is 5.99. The number of aryl methyl sites for hydroxylation is 1. The first kappa shape index (κ1) is 24.6. The van der Waals surface area contributed by atoms with Gasteiger partial charge in [-0.3, -0.25) is 14.6 Å². The number of carbonyl (C=O) groups excluding carboxylic acids is 1. The number of rotatable bonds is 8. The first-order chi connectivity index (χ1) is 17.9. The van der Waals surface area contributed by atoms with Crippen molar-refractivity contribution in [3.8, 4) is 11.5 Å². The number of amides is 1. The van der Waals surface area contributed by atoms with E-state index in [1.165, 1.54) is 0 Å². The summed E-state index contributed by atoms with van der Waals surface area (Å²) in [5.74, 6) is 1.43. The minimum Gasteiger partial charge on any atom is -0.493 e. The van der Waals surface area contributed by atoms with Crippen molar-refractivity contribution in [3.05, 3.63) is 99.2 Å². The van der Waals surface area contributed by atoms with E-state index in [0.29, 0.717) is 40.6 Å². The number of hydrogen-bond donors (Lipinski definition) is 0. The molecule has 0 spiro atoms. The first-order valence-corrected chi connectivity index (χ1v) is 12.5. The fraction of sp³-hybridized carbons (Fsp3) is 0.300. The van der Waals surface area contributed by atoms with Gasteiger partial charge in [-0.2, -0.15) is 0 Å². The van der Waals surface area contributed by atoms with E-state index in [-0.39, 0.29) is 23.6 Å². The molecule has 37 heavy (non-hydrogen) atoms. The van der Waals surface area contributed by atoms with Gasteiger partial charge in [0.05, 0.1) is 30.7 Å². The summed E-state index contributed by atoms with van der Waals surface area (Å²) in [7, 11) is 1.58. The lowest BCUT2D eigenvalue weighted by Crippen LogP contribution is -2.29. The molecule has 0 saturated heterocycles. The highest BCUT2D eigenvalue weighted by Gasteiger charge is 2.43. The van der Waals surface area contributed by atoms with Crippen LogP contribution in [0.4, 0.5) is 0 Å². The van der Waals surface area contributed by atoms with Crippen molar-refractivity contribution in [1.29, 1.82) is 0 Å². The molecule has 2 aromatic heterocycles. The van der Waals surface area contributed by atoms with Crippen molar-refractivity contribution in [2.75, 3.05) is 13.7 Å². The monoisotopic (exact) mass is 498 g/mol. The van der Waals surface area contributed by atoms with Gasteiger partial charge in [0.1, 0.15) is 5.58 Å². The van der Waals surface area contributed by atoms with Gasteiger partial charge < -0.3 is 18.8 Å². The Morgan fingerprint density at radius 3 is 2.65 bits per heavy atom. The fourth-order valence-electron chi connectivity index (χ4n) is 4.71. The molecule has 3 heterocycles. The van der Waals surface area contributed by atoms with Gasteiger partial charge in [-0.25, -0.2) is 0 Å². The van der Waals surface area contributed by atoms with Gasteiger partial charge in [0.25, 0.3) is 5.91 Å². The number of nitrogens with zero attached hydrogens (tertiary/aromatic N) is 2. The van der Waals surface area contributed by atoms with E-state index in [1.807, 2.05) is 43.3 Å². The maximum Gasteiger partial charge on any atom is 0.291 e. The van der Waals surface area contributed by atoms with Crippen LogP contribution in [0.15, 0.2) is 70.1 Å². The molecule has 5 rings (SSSR count). The Hall–Kier alpha value is -4.13. The van der Waals surface area contributed by atoms with Crippen LogP contribution >= 0.6 is 0 Å². The Morgan fingerprint density at radius 1 is 1.08 bits per heavy atom. The quantitative estimate of drug-likeness (QED) is 0.311. The molecule has 1 atom stereocenters. The third kappa shape index (κ3) is 4.69. The van der Waals surface area contributed by atoms with Crippen molar-refractivity contribution in [2.24, 2.45) is 5.92 Å². The average Bonchev–Trinajstić information content (AvgIpc) is 3.16. The summed E-state index contributed by atoms with van der Waals surface area (Å²) in [5, 5.41) is 0.459. The van der Waals surface area contributed by atoms with Crippen molar-refractivity contribution in [3.63, 3.8) is 0 Å². The average molecular weight is 499 g/mol. The first-order valence-electron chi connectivity index (χ1n) is 12.5. The molecular formula is C30H30N2O5. The number of carbonyl (C=O) groups is 1. The molecule has 1 aliphatic rings. The van der Waals surface area contributed by atoms with E-state index in [4.69, 9.17) is 13.9 Å². The van der Waals surface area contributed by atoms with E-state index in [2.05, 4.69) is 18.8 Å². The largest absolute Gasteiger partial charge is 0.493 e. The lowest BCUT2D eigenvalue weighted by molar-refractivity contribution is 0.0714. The topological polar surface area (TPSA) is 81.9 Å². The minimum atomic E-state index is -0.650. The van der Waals surface area contributed by atoms with Gasteiger partial charge in [0.15, 0.2) is 16.9 Å². The summed E-state index contributed by atoms with van der Waals surface area (Å²) in [6.07, 6.45) is 4.32. The zero-order valence-corrected chi connectivity index (χ0v) is 21.5. The number of benzene rings is 2. The molecule has 0 aliphatic carbocycles. The van der Waals surface area contributed by atoms with Gasteiger partial charge in [-0.15, -0.1) is 0 Å². The SMILES string of the molecule is COc1cc([C@H]2c3c(oc4ccc(C)cc4c3=O)C(=O)N2Cc2cccnc2)ccc1OCCC(C)C. The molecule has 190 valence electrons. The van der Waals surface area contributed by atoms with Crippen LogP contribution in [0.5, 0.6) is 11.5 Å². The lowest BCUT2D eigenvalue weighted by atomic mass is 9.97. The van der Waals surface area contributed by atoms with Crippen LogP contribution in [0.2, 0.25) is 0 Å². The molecule has 0 saturated carbocycles. The Bertz CT molecular complexity index is 1510. The second kappa shape index (κ2) is 10.1. The lowest BCUT2D eigenvalue weighted by Gasteiger charge is -2.26. The predicted molar refractivity (Wildman–Crippen MR) is 141 cm³/mol. The zero-order chi connectivity index (χ0) is 26.1. The molecule has 1 amide bonds. The van der Waals surface area contributed by atoms with Gasteiger partial charge in [-0.05, 0) is 60.7 Å². The highest BCUT2D eigenvalue weighted by Crippen LogP contribution is 2.41. The summed E-state index contributed by atoms with van der Waals surface area (Å²) in [4.78, 5) is 33.4. The number of hydrogen-bond acceptors (Lipinski definition) is 6. The molecule has 1 aliphatic heterocycles. The van der Waals surface area contributed by atoms with Gasteiger partial charge in [0, 0.05) is 18.9 Å². The van der Waals surface area contributed by atoms with Crippen molar-refractivity contribution >= 4 is 16.9 Å². The van der Waals surface area contributed by atoms with Gasteiger partial charge in [-0.1, -0.05) is 37.6 Å². The van der Waals surface area contributed by atoms with Crippen molar-refractivity contribution < 1.29 is 18.7 Å². The van der Waals surface area contributed by atoms with Crippen LogP contribution in [0.25, 0.3) is 11.0 Å². The molecule has 0 unspecified atom stereocenters. The smallest absolute Gasteiger partial charge is 0.291 e. The number of aromatic nitrogens is 1. The van der Waals surface area contributed by atoms with Gasteiger partial charge in [0.2, 0.25) is 5.76 Å². The van der Waals surface area contributed by atoms with Crippen LogP contribution in [-0.2, 0) is 6.54 Å². The standard InChI is InChI=1S/C30H30N2O5/c1-18(2)11-13-36-24-10-8-21(15-25(24)35-4)27-26-28(33)22-14-19(3)7-9-23(22)37-29(26)30(34)32(27)17-20-6-5-12-31-16-20/h5-10,12,14-16,18,27H,11,13,17H2,1-4H3/t27-/m0/s1. The maximum atomic E-state index is 13.8. The zero-order valence-electron chi connectivity index (χ0n) is 21.5. The van der Waals surface area contributed by atoms with Crippen LogP contribution in [0.1, 0.15) is 59.1 Å². The Kier molecular flexibility index (Phi) is 6.70. The van der Waals surface area contributed by atoms with Crippen LogP contribution in [-0.4, -0.2) is 29.5 Å². The van der Waals surface area contributed by atoms with E-state index >= 15 is 0 Å². The second-order valence-electron chi connectivity index (χ2n) is 9.81. The molecule has 7 nitrogen and oxygen atoms in total. The molecule has 0 N–H and O–H groups in total. The van der Waals surface area contributed by atoms with Crippen molar-refractivity contribution in [2.45, 2.75) is 39.8 Å². The van der Waals surface area contributed by atoms with Crippen LogP contribution < -0.4 is 14.9 Å². The molecule has 2 aromatic carbocycles. The molecule has 4 aromatic rings. The van der Waals surface area contributed by atoms with E-state index in [0.717, 1.165) is 23.1 Å². The molecule has 0 radical (unpaired) electrons. The van der Waals surface area contributed by atoms with Gasteiger partial charge >= 0.3 is 0 Å². The molecule has 7 heteroatoms. The number of ether oxygens (including phenoxy) is 2. The van der Waals surface area contributed by atoms with Crippen LogP contribution in [0.3, 0.4) is 0 Å². The summed E-state index contributed by atoms with van der Waals surface area (Å²) in [5.41, 5.74) is 3.06. The Morgan fingerprint density at radius 2 is 1.92 bits per heavy atom. The summed E-state index contributed by atoms with van der Waals surface area (Å²) in [6.45, 7) is 7.05. The van der Waals surface area contributed by atoms with E-state index in [9.17, 15) is 9.59 Å². The predicted octanol–water partition coefficient (Wildman–Crippen LogP) is 5.68.